The van der Waals surface area contributed by atoms with Gasteiger partial charge in [0.2, 0.25) is 0 Å². The molecule has 56 valence electrons. The van der Waals surface area contributed by atoms with Gasteiger partial charge in [0.05, 0.1) is 0 Å². The van der Waals surface area contributed by atoms with Gasteiger partial charge in [0.15, 0.2) is 0 Å². The van der Waals surface area contributed by atoms with Gasteiger partial charge < -0.3 is 5.73 Å². The first-order valence-corrected chi connectivity index (χ1v) is 3.31. The molecule has 0 aromatic carbocycles. The van der Waals surface area contributed by atoms with Crippen LogP contribution in [0, 0.1) is 0 Å². The van der Waals surface area contributed by atoms with E-state index >= 15 is 0 Å². The van der Waals surface area contributed by atoms with Crippen LogP contribution in [0.25, 0.3) is 0 Å². The Morgan fingerprint density at radius 1 is 1.50 bits per heavy atom. The van der Waals surface area contributed by atoms with Crippen LogP contribution >= 0.6 is 0 Å². The zero-order chi connectivity index (χ0) is 8.15. The number of nitrogens with two attached hydrogens (primary N) is 1. The van der Waals surface area contributed by atoms with Gasteiger partial charge in [0.25, 0.3) is 0 Å². The monoisotopic (exact) mass is 137 g/mol. The predicted octanol–water partition coefficient (Wildman–Crippen LogP) is 2.02. The molecule has 1 nitrogen and oxygen atoms in total. The largest absolute Gasteiger partial charge is 0.326 e. The summed E-state index contributed by atoms with van der Waals surface area (Å²) in [6.07, 6.45) is 1.78. The van der Waals surface area contributed by atoms with Crippen molar-refractivity contribution in [1.82, 2.24) is 0 Å². The fourth-order valence-corrected chi connectivity index (χ4v) is 0.664. The Balaban J connectivity index is 4.59. The molecule has 0 radical (unpaired) electrons. The Labute approximate surface area is 62.9 Å². The first-order chi connectivity index (χ1) is 4.63. The van der Waals surface area contributed by atoms with Crippen molar-refractivity contribution in [3.05, 3.63) is 36.0 Å². The lowest BCUT2D eigenvalue weighted by Crippen LogP contribution is -2.03. The van der Waals surface area contributed by atoms with Gasteiger partial charge in [-0.2, -0.15) is 0 Å². The minimum Gasteiger partial charge on any atom is -0.326 e. The fraction of sp³-hybridized carbons (Fsp3) is 0.333. The van der Waals surface area contributed by atoms with Gasteiger partial charge in [-0.1, -0.05) is 24.8 Å². The van der Waals surface area contributed by atoms with E-state index in [-0.39, 0.29) is 0 Å². The van der Waals surface area contributed by atoms with Crippen molar-refractivity contribution in [3.8, 4) is 0 Å². The number of allylic oxidation sites excluding steroid dienone is 2. The molecule has 0 saturated carbocycles. The van der Waals surface area contributed by atoms with Crippen LogP contribution in [-0.4, -0.2) is 6.54 Å². The highest BCUT2D eigenvalue weighted by atomic mass is 14.5. The molecule has 0 aromatic rings. The summed E-state index contributed by atoms with van der Waals surface area (Å²) in [4.78, 5) is 0. The summed E-state index contributed by atoms with van der Waals surface area (Å²) in [7, 11) is 0. The van der Waals surface area contributed by atoms with E-state index in [0.717, 1.165) is 16.7 Å². The maximum atomic E-state index is 5.45. The van der Waals surface area contributed by atoms with Crippen LogP contribution in [0.1, 0.15) is 13.8 Å². The smallest absolute Gasteiger partial charge is 0.0180 e. The van der Waals surface area contributed by atoms with Gasteiger partial charge in [-0.25, -0.2) is 0 Å². The van der Waals surface area contributed by atoms with Crippen molar-refractivity contribution >= 4 is 0 Å². The second-order valence-corrected chi connectivity index (χ2v) is 2.34. The first kappa shape index (κ1) is 9.18. The molecule has 0 aliphatic rings. The third kappa shape index (κ3) is 2.19. The van der Waals surface area contributed by atoms with E-state index in [1.165, 1.54) is 0 Å². The minimum atomic E-state index is 0.544. The van der Waals surface area contributed by atoms with E-state index in [1.807, 2.05) is 13.8 Å². The molecule has 2 N–H and O–H groups in total. The summed E-state index contributed by atoms with van der Waals surface area (Å²) in [5.41, 5.74) is 8.73. The third-order valence-electron chi connectivity index (χ3n) is 1.59. The van der Waals surface area contributed by atoms with Crippen LogP contribution in [0.3, 0.4) is 0 Å². The highest BCUT2D eigenvalue weighted by molar-refractivity contribution is 5.35. The Hall–Kier alpha value is -0.820. The summed E-state index contributed by atoms with van der Waals surface area (Å²) < 4.78 is 0. The van der Waals surface area contributed by atoms with Crippen LogP contribution < -0.4 is 5.73 Å². The van der Waals surface area contributed by atoms with Crippen LogP contribution in [0.4, 0.5) is 0 Å². The van der Waals surface area contributed by atoms with Crippen molar-refractivity contribution < 1.29 is 0 Å². The molecule has 0 unspecified atom stereocenters. The molecule has 0 fully saturated rings. The Bertz CT molecular complexity index is 175. The molecule has 0 aliphatic heterocycles. The normalized spacial score (nSPS) is 12.3. The Morgan fingerprint density at radius 3 is 2.10 bits per heavy atom. The number of rotatable bonds is 3. The fourth-order valence-electron chi connectivity index (χ4n) is 0.664. The van der Waals surface area contributed by atoms with E-state index in [2.05, 4.69) is 13.2 Å². The SMILES string of the molecule is C=C/C(CN)=C(/C)C(=C)C. The van der Waals surface area contributed by atoms with E-state index in [4.69, 9.17) is 5.73 Å². The molecule has 1 heteroatoms. The maximum absolute atomic E-state index is 5.45. The summed E-state index contributed by atoms with van der Waals surface area (Å²) in [5.74, 6) is 0. The quantitative estimate of drug-likeness (QED) is 0.592. The average Bonchev–Trinajstić information content (AvgIpc) is 1.90. The first-order valence-electron chi connectivity index (χ1n) is 3.31. The molecular formula is C9H15N. The predicted molar refractivity (Wildman–Crippen MR) is 46.8 cm³/mol. The van der Waals surface area contributed by atoms with Crippen LogP contribution in [0.5, 0.6) is 0 Å². The lowest BCUT2D eigenvalue weighted by molar-refractivity contribution is 1.14. The van der Waals surface area contributed by atoms with Gasteiger partial charge in [0.1, 0.15) is 0 Å². The van der Waals surface area contributed by atoms with Gasteiger partial charge >= 0.3 is 0 Å². The molecule has 0 heterocycles. The van der Waals surface area contributed by atoms with Gasteiger partial charge in [0, 0.05) is 6.54 Å². The molecule has 0 rings (SSSR count). The molecule has 0 atom stereocenters. The van der Waals surface area contributed by atoms with E-state index in [9.17, 15) is 0 Å². The van der Waals surface area contributed by atoms with E-state index < -0.39 is 0 Å². The maximum Gasteiger partial charge on any atom is 0.0180 e. The summed E-state index contributed by atoms with van der Waals surface area (Å²) >= 11 is 0. The van der Waals surface area contributed by atoms with E-state index in [0.29, 0.717) is 6.54 Å². The summed E-state index contributed by atoms with van der Waals surface area (Å²) in [6.45, 7) is 12.0. The Kier molecular flexibility index (Phi) is 3.74. The second kappa shape index (κ2) is 4.07. The van der Waals surface area contributed by atoms with Crippen molar-refractivity contribution in [2.75, 3.05) is 6.54 Å². The summed E-state index contributed by atoms with van der Waals surface area (Å²) in [5, 5.41) is 0. The topological polar surface area (TPSA) is 26.0 Å². The standard InChI is InChI=1S/C9H15N/c1-5-9(6-10)8(4)7(2)3/h5H,1-2,6,10H2,3-4H3/b9-8+. The molecule has 0 bridgehead atoms. The molecule has 10 heavy (non-hydrogen) atoms. The zero-order valence-electron chi connectivity index (χ0n) is 6.78. The van der Waals surface area contributed by atoms with Gasteiger partial charge in [-0.15, -0.1) is 0 Å². The zero-order valence-corrected chi connectivity index (χ0v) is 6.78. The van der Waals surface area contributed by atoms with Crippen molar-refractivity contribution in [1.29, 1.82) is 0 Å². The van der Waals surface area contributed by atoms with Crippen molar-refractivity contribution in [2.24, 2.45) is 5.73 Å². The van der Waals surface area contributed by atoms with Crippen molar-refractivity contribution in [3.63, 3.8) is 0 Å². The van der Waals surface area contributed by atoms with Crippen LogP contribution in [-0.2, 0) is 0 Å². The highest BCUT2D eigenvalue weighted by Gasteiger charge is 1.95. The molecule has 0 amide bonds. The number of hydrogen-bond acceptors (Lipinski definition) is 1. The molecule has 0 spiro atoms. The van der Waals surface area contributed by atoms with Crippen molar-refractivity contribution in [2.45, 2.75) is 13.8 Å². The summed E-state index contributed by atoms with van der Waals surface area (Å²) in [6, 6.07) is 0. The van der Waals surface area contributed by atoms with Gasteiger partial charge in [-0.05, 0) is 25.0 Å². The molecule has 0 saturated heterocycles. The Morgan fingerprint density at radius 2 is 2.00 bits per heavy atom. The van der Waals surface area contributed by atoms with Gasteiger partial charge in [-0.3, -0.25) is 0 Å². The second-order valence-electron chi connectivity index (χ2n) is 2.34. The lowest BCUT2D eigenvalue weighted by atomic mass is 10.0. The molecule has 0 aliphatic carbocycles. The average molecular weight is 137 g/mol. The minimum absolute atomic E-state index is 0.544. The van der Waals surface area contributed by atoms with Crippen LogP contribution in [0.2, 0.25) is 0 Å². The van der Waals surface area contributed by atoms with E-state index in [1.54, 1.807) is 6.08 Å². The van der Waals surface area contributed by atoms with Crippen LogP contribution in [0.15, 0.2) is 36.0 Å². The lowest BCUT2D eigenvalue weighted by Gasteiger charge is -2.04. The molecular weight excluding hydrogens is 122 g/mol. The third-order valence-corrected chi connectivity index (χ3v) is 1.59. The molecule has 0 aromatic heterocycles. The number of hydrogen-bond donors (Lipinski definition) is 1. The highest BCUT2D eigenvalue weighted by Crippen LogP contribution is 2.11.